The van der Waals surface area contributed by atoms with Gasteiger partial charge in [0.25, 0.3) is 0 Å². The van der Waals surface area contributed by atoms with Gasteiger partial charge in [0.05, 0.1) is 12.8 Å². The Kier molecular flexibility index (Phi) is 4.02. The number of carbonyl (C=O) groups excluding carboxylic acids is 1. The van der Waals surface area contributed by atoms with E-state index in [-0.39, 0.29) is 16.9 Å². The van der Waals surface area contributed by atoms with Gasteiger partial charge in [0.15, 0.2) is 23.3 Å². The molecule has 0 bridgehead atoms. The second-order valence-corrected chi connectivity index (χ2v) is 3.99. The first-order valence-electron chi connectivity index (χ1n) is 5.83. The number of esters is 1. The molecule has 118 valence electrons. The number of hydrogen-bond acceptors (Lipinski definition) is 4. The first-order valence-corrected chi connectivity index (χ1v) is 5.83. The summed E-state index contributed by atoms with van der Waals surface area (Å²) in [5, 5.41) is 3.38. The number of ether oxygens (including phenoxy) is 1. The molecular weight excluding hydrogens is 313 g/mol. The van der Waals surface area contributed by atoms with Crippen molar-refractivity contribution in [3.05, 3.63) is 40.8 Å². The van der Waals surface area contributed by atoms with Crippen LogP contribution < -0.4 is 5.73 Å². The van der Waals surface area contributed by atoms with Crippen LogP contribution in [0.4, 0.5) is 27.8 Å². The average molecular weight is 321 g/mol. The maximum atomic E-state index is 13.7. The molecule has 1 heterocycles. The van der Waals surface area contributed by atoms with Crippen molar-refractivity contribution in [1.29, 1.82) is 0 Å². The summed E-state index contributed by atoms with van der Waals surface area (Å²) in [4.78, 5) is 11.5. The van der Waals surface area contributed by atoms with E-state index in [4.69, 9.17) is 5.73 Å². The second-order valence-electron chi connectivity index (χ2n) is 3.99. The van der Waals surface area contributed by atoms with E-state index in [1.54, 1.807) is 0 Å². The molecule has 0 fully saturated rings. The van der Waals surface area contributed by atoms with Gasteiger partial charge in [-0.1, -0.05) is 0 Å². The molecule has 0 unspecified atom stereocenters. The van der Waals surface area contributed by atoms with Crippen molar-refractivity contribution in [1.82, 2.24) is 9.78 Å². The molecule has 0 amide bonds. The van der Waals surface area contributed by atoms with Crippen molar-refractivity contribution in [3.63, 3.8) is 0 Å². The van der Waals surface area contributed by atoms with Crippen LogP contribution in [0, 0.1) is 29.1 Å². The fraction of sp³-hybridized carbons (Fsp3) is 0.167. The molecule has 0 saturated heterocycles. The van der Waals surface area contributed by atoms with Crippen LogP contribution in [0.3, 0.4) is 0 Å². The lowest BCUT2D eigenvalue weighted by Gasteiger charge is -2.09. The van der Waals surface area contributed by atoms with Gasteiger partial charge in [-0.2, -0.15) is 5.10 Å². The number of nitrogens with two attached hydrogens (primary N) is 1. The zero-order chi connectivity index (χ0) is 16.6. The largest absolute Gasteiger partial charge is 0.462 e. The van der Waals surface area contributed by atoms with Crippen LogP contribution in [0.2, 0.25) is 0 Å². The molecule has 0 aliphatic rings. The molecule has 0 spiro atoms. The summed E-state index contributed by atoms with van der Waals surface area (Å²) >= 11 is 0. The SMILES string of the molecule is CCOC(=O)c1cnn(-c2c(F)c(F)c(F)c(F)c2F)c1N. The Morgan fingerprint density at radius 2 is 1.64 bits per heavy atom. The Morgan fingerprint density at radius 1 is 1.14 bits per heavy atom. The molecule has 2 rings (SSSR count). The third kappa shape index (κ3) is 2.26. The zero-order valence-electron chi connectivity index (χ0n) is 11.0. The van der Waals surface area contributed by atoms with Crippen molar-refractivity contribution in [2.75, 3.05) is 12.3 Å². The van der Waals surface area contributed by atoms with E-state index in [2.05, 4.69) is 9.84 Å². The van der Waals surface area contributed by atoms with E-state index in [0.717, 1.165) is 6.20 Å². The number of halogens is 5. The maximum Gasteiger partial charge on any atom is 0.343 e. The van der Waals surface area contributed by atoms with E-state index in [9.17, 15) is 26.7 Å². The van der Waals surface area contributed by atoms with E-state index in [1.165, 1.54) is 6.92 Å². The Hall–Kier alpha value is -2.65. The molecule has 2 aromatic rings. The monoisotopic (exact) mass is 321 g/mol. The fourth-order valence-corrected chi connectivity index (χ4v) is 1.68. The highest BCUT2D eigenvalue weighted by Crippen LogP contribution is 2.28. The van der Waals surface area contributed by atoms with E-state index < -0.39 is 46.6 Å². The lowest BCUT2D eigenvalue weighted by atomic mass is 10.2. The Bertz CT molecular complexity index is 731. The molecule has 2 N–H and O–H groups in total. The lowest BCUT2D eigenvalue weighted by Crippen LogP contribution is -2.14. The zero-order valence-corrected chi connectivity index (χ0v) is 11.0. The predicted octanol–water partition coefficient (Wildman–Crippen LogP) is 2.33. The van der Waals surface area contributed by atoms with Crippen LogP contribution in [-0.4, -0.2) is 22.4 Å². The first-order chi connectivity index (χ1) is 10.3. The minimum absolute atomic E-state index is 0.00796. The average Bonchev–Trinajstić information content (AvgIpc) is 2.85. The smallest absolute Gasteiger partial charge is 0.343 e. The molecule has 0 aliphatic carbocycles. The summed E-state index contributed by atoms with van der Waals surface area (Å²) in [6.07, 6.45) is 0.797. The quantitative estimate of drug-likeness (QED) is 0.408. The van der Waals surface area contributed by atoms with Crippen molar-refractivity contribution in [2.24, 2.45) is 0 Å². The normalized spacial score (nSPS) is 10.8. The number of nitrogens with zero attached hydrogens (tertiary/aromatic N) is 2. The molecule has 5 nitrogen and oxygen atoms in total. The van der Waals surface area contributed by atoms with Crippen LogP contribution >= 0.6 is 0 Å². The summed E-state index contributed by atoms with van der Waals surface area (Å²) in [7, 11) is 0. The van der Waals surface area contributed by atoms with Gasteiger partial charge in [0, 0.05) is 0 Å². The van der Waals surface area contributed by atoms with Crippen molar-refractivity contribution in [3.8, 4) is 5.69 Å². The molecule has 1 aromatic carbocycles. The molecular formula is C12H8F5N3O2. The van der Waals surface area contributed by atoms with Crippen LogP contribution in [-0.2, 0) is 4.74 Å². The topological polar surface area (TPSA) is 70.1 Å². The third-order valence-corrected chi connectivity index (χ3v) is 2.70. The first kappa shape index (κ1) is 15.7. The van der Waals surface area contributed by atoms with Gasteiger partial charge in [-0.15, -0.1) is 0 Å². The van der Waals surface area contributed by atoms with Gasteiger partial charge in [-0.25, -0.2) is 31.4 Å². The Labute approximate surface area is 120 Å². The van der Waals surface area contributed by atoms with Crippen molar-refractivity contribution < 1.29 is 31.5 Å². The third-order valence-electron chi connectivity index (χ3n) is 2.70. The fourth-order valence-electron chi connectivity index (χ4n) is 1.68. The minimum atomic E-state index is -2.31. The summed E-state index contributed by atoms with van der Waals surface area (Å²) < 4.78 is 71.5. The Balaban J connectivity index is 2.67. The number of rotatable bonds is 3. The van der Waals surface area contributed by atoms with E-state index in [1.807, 2.05) is 0 Å². The standard InChI is InChI=1S/C12H8F5N3O2/c1-2-22-12(21)4-3-19-20(11(4)18)10-8(16)6(14)5(13)7(15)9(10)17/h3H,2,18H2,1H3. The summed E-state index contributed by atoms with van der Waals surface area (Å²) in [6.45, 7) is 1.49. The summed E-state index contributed by atoms with van der Waals surface area (Å²) in [5.74, 6) is -12.4. The molecule has 0 atom stereocenters. The van der Waals surface area contributed by atoms with E-state index >= 15 is 0 Å². The van der Waals surface area contributed by atoms with Gasteiger partial charge in [-0.05, 0) is 6.92 Å². The number of hydrogen-bond donors (Lipinski definition) is 1. The van der Waals surface area contributed by atoms with Crippen molar-refractivity contribution >= 4 is 11.8 Å². The van der Waals surface area contributed by atoms with Gasteiger partial charge in [0.2, 0.25) is 5.82 Å². The van der Waals surface area contributed by atoms with Crippen LogP contribution in [0.1, 0.15) is 17.3 Å². The number of benzene rings is 1. The second kappa shape index (κ2) is 5.62. The number of nitrogen functional groups attached to an aromatic ring is 1. The lowest BCUT2D eigenvalue weighted by molar-refractivity contribution is 0.0527. The summed E-state index contributed by atoms with van der Waals surface area (Å²) in [5.41, 5.74) is 3.72. The molecule has 0 radical (unpaired) electrons. The van der Waals surface area contributed by atoms with Crippen molar-refractivity contribution in [2.45, 2.75) is 6.92 Å². The molecule has 1 aromatic heterocycles. The van der Waals surface area contributed by atoms with Gasteiger partial charge >= 0.3 is 5.97 Å². The van der Waals surface area contributed by atoms with Gasteiger partial charge in [-0.3, -0.25) is 0 Å². The maximum absolute atomic E-state index is 13.7. The highest BCUT2D eigenvalue weighted by atomic mass is 19.2. The molecule has 22 heavy (non-hydrogen) atoms. The molecule has 0 saturated carbocycles. The highest BCUT2D eigenvalue weighted by Gasteiger charge is 2.29. The Morgan fingerprint density at radius 3 is 2.14 bits per heavy atom. The number of carbonyl (C=O) groups is 1. The number of anilines is 1. The minimum Gasteiger partial charge on any atom is -0.462 e. The summed E-state index contributed by atoms with van der Waals surface area (Å²) in [6, 6.07) is 0. The molecule has 0 aliphatic heterocycles. The van der Waals surface area contributed by atoms with Crippen LogP contribution in [0.15, 0.2) is 6.20 Å². The highest BCUT2D eigenvalue weighted by molar-refractivity contribution is 5.94. The predicted molar refractivity (Wildman–Crippen MR) is 63.7 cm³/mol. The number of aromatic nitrogens is 2. The van der Waals surface area contributed by atoms with E-state index in [0.29, 0.717) is 0 Å². The van der Waals surface area contributed by atoms with Crippen LogP contribution in [0.5, 0.6) is 0 Å². The van der Waals surface area contributed by atoms with Crippen LogP contribution in [0.25, 0.3) is 5.69 Å². The van der Waals surface area contributed by atoms with Gasteiger partial charge < -0.3 is 10.5 Å². The van der Waals surface area contributed by atoms with Gasteiger partial charge in [0.1, 0.15) is 17.1 Å². The molecule has 10 heteroatoms.